The standard InChI is InChI=1S/C12H24N2O2S/c1-11(2)17(15,16)14-8-4-6-12(10-14)5-3-7-13-9-12/h11,13H,3-10H2,1-2H3/t12-/m0/s1. The highest BCUT2D eigenvalue weighted by Crippen LogP contribution is 2.37. The van der Waals surface area contributed by atoms with Crippen molar-refractivity contribution in [1.29, 1.82) is 0 Å². The molecule has 0 bridgehead atoms. The molecule has 5 heteroatoms. The Kier molecular flexibility index (Phi) is 3.80. The number of rotatable bonds is 2. The zero-order valence-electron chi connectivity index (χ0n) is 10.9. The monoisotopic (exact) mass is 260 g/mol. The van der Waals surface area contributed by atoms with Gasteiger partial charge < -0.3 is 5.32 Å². The van der Waals surface area contributed by atoms with Crippen molar-refractivity contribution >= 4 is 10.0 Å². The van der Waals surface area contributed by atoms with E-state index in [1.165, 1.54) is 19.3 Å². The third-order valence-electron chi connectivity index (χ3n) is 4.14. The molecule has 100 valence electrons. The molecule has 0 aromatic carbocycles. The summed E-state index contributed by atoms with van der Waals surface area (Å²) < 4.78 is 26.2. The second-order valence-corrected chi connectivity index (χ2v) is 8.30. The molecule has 1 spiro atoms. The van der Waals surface area contributed by atoms with Crippen molar-refractivity contribution < 1.29 is 8.42 Å². The van der Waals surface area contributed by atoms with Gasteiger partial charge in [-0.05, 0) is 51.5 Å². The maximum absolute atomic E-state index is 12.2. The van der Waals surface area contributed by atoms with Gasteiger partial charge in [0, 0.05) is 19.6 Å². The summed E-state index contributed by atoms with van der Waals surface area (Å²) in [7, 11) is -3.07. The van der Waals surface area contributed by atoms with Gasteiger partial charge in [0.15, 0.2) is 0 Å². The quantitative estimate of drug-likeness (QED) is 0.811. The van der Waals surface area contributed by atoms with Gasteiger partial charge in [-0.15, -0.1) is 0 Å². The minimum Gasteiger partial charge on any atom is -0.316 e. The van der Waals surface area contributed by atoms with Crippen molar-refractivity contribution in [2.75, 3.05) is 26.2 Å². The van der Waals surface area contributed by atoms with Gasteiger partial charge in [-0.25, -0.2) is 12.7 Å². The van der Waals surface area contributed by atoms with Crippen LogP contribution in [0.1, 0.15) is 39.5 Å². The van der Waals surface area contributed by atoms with Gasteiger partial charge in [0.1, 0.15) is 0 Å². The maximum Gasteiger partial charge on any atom is 0.216 e. The van der Waals surface area contributed by atoms with E-state index < -0.39 is 10.0 Å². The fourth-order valence-electron chi connectivity index (χ4n) is 3.06. The minimum absolute atomic E-state index is 0.207. The summed E-state index contributed by atoms with van der Waals surface area (Å²) in [6, 6.07) is 0. The van der Waals surface area contributed by atoms with Crippen molar-refractivity contribution in [2.24, 2.45) is 5.41 Å². The summed E-state index contributed by atoms with van der Waals surface area (Å²) in [5, 5.41) is 3.13. The second kappa shape index (κ2) is 4.86. The van der Waals surface area contributed by atoms with E-state index in [4.69, 9.17) is 0 Å². The normalized spacial score (nSPS) is 32.2. The number of nitrogens with zero attached hydrogens (tertiary/aromatic N) is 1. The van der Waals surface area contributed by atoms with Crippen LogP contribution in [-0.2, 0) is 10.0 Å². The van der Waals surface area contributed by atoms with Gasteiger partial charge in [-0.2, -0.15) is 0 Å². The van der Waals surface area contributed by atoms with Crippen LogP contribution in [0.3, 0.4) is 0 Å². The van der Waals surface area contributed by atoms with Gasteiger partial charge in [0.05, 0.1) is 5.25 Å². The topological polar surface area (TPSA) is 49.4 Å². The average molecular weight is 260 g/mol. The van der Waals surface area contributed by atoms with Crippen molar-refractivity contribution in [2.45, 2.75) is 44.8 Å². The average Bonchev–Trinajstić information content (AvgIpc) is 2.30. The zero-order valence-corrected chi connectivity index (χ0v) is 11.7. The van der Waals surface area contributed by atoms with Crippen LogP contribution in [0.5, 0.6) is 0 Å². The van der Waals surface area contributed by atoms with Crippen LogP contribution in [0.15, 0.2) is 0 Å². The fraction of sp³-hybridized carbons (Fsp3) is 1.00. The number of nitrogens with one attached hydrogen (secondary N) is 1. The van der Waals surface area contributed by atoms with E-state index in [9.17, 15) is 8.42 Å². The number of hydrogen-bond acceptors (Lipinski definition) is 3. The van der Waals surface area contributed by atoms with E-state index in [2.05, 4.69) is 5.32 Å². The highest BCUT2D eigenvalue weighted by molar-refractivity contribution is 7.89. The van der Waals surface area contributed by atoms with Gasteiger partial charge in [-0.3, -0.25) is 0 Å². The maximum atomic E-state index is 12.2. The molecule has 17 heavy (non-hydrogen) atoms. The molecule has 2 heterocycles. The Morgan fingerprint density at radius 2 is 1.94 bits per heavy atom. The lowest BCUT2D eigenvalue weighted by Gasteiger charge is -2.45. The molecular formula is C12H24N2O2S. The van der Waals surface area contributed by atoms with Crippen molar-refractivity contribution in [3.63, 3.8) is 0 Å². The van der Waals surface area contributed by atoms with Crippen LogP contribution in [-0.4, -0.2) is 44.2 Å². The molecule has 2 rings (SSSR count). The van der Waals surface area contributed by atoms with Crippen molar-refractivity contribution in [1.82, 2.24) is 9.62 Å². The lowest BCUT2D eigenvalue weighted by molar-refractivity contribution is 0.110. The molecule has 1 N–H and O–H groups in total. The van der Waals surface area contributed by atoms with E-state index in [1.54, 1.807) is 18.2 Å². The first-order valence-corrected chi connectivity index (χ1v) is 8.16. The first-order valence-electron chi connectivity index (χ1n) is 6.66. The van der Waals surface area contributed by atoms with Gasteiger partial charge in [0.25, 0.3) is 0 Å². The summed E-state index contributed by atoms with van der Waals surface area (Å²) in [4.78, 5) is 0. The summed E-state index contributed by atoms with van der Waals surface area (Å²) in [6.07, 6.45) is 4.53. The number of hydrogen-bond donors (Lipinski definition) is 1. The summed E-state index contributed by atoms with van der Waals surface area (Å²) in [6.45, 7) is 7.05. The van der Waals surface area contributed by atoms with Crippen LogP contribution >= 0.6 is 0 Å². The first-order chi connectivity index (χ1) is 7.96. The number of piperidine rings is 2. The predicted molar refractivity (Wildman–Crippen MR) is 69.4 cm³/mol. The third kappa shape index (κ3) is 2.66. The van der Waals surface area contributed by atoms with Gasteiger partial charge in [0.2, 0.25) is 10.0 Å². The predicted octanol–water partition coefficient (Wildman–Crippen LogP) is 1.19. The first kappa shape index (κ1) is 13.3. The molecule has 2 saturated heterocycles. The van der Waals surface area contributed by atoms with E-state index >= 15 is 0 Å². The Balaban J connectivity index is 2.12. The fourth-order valence-corrected chi connectivity index (χ4v) is 4.49. The smallest absolute Gasteiger partial charge is 0.216 e. The van der Waals surface area contributed by atoms with E-state index in [1.807, 2.05) is 0 Å². The molecule has 0 radical (unpaired) electrons. The number of sulfonamides is 1. The summed E-state index contributed by atoms with van der Waals surface area (Å²) in [5.41, 5.74) is 0.207. The largest absolute Gasteiger partial charge is 0.316 e. The molecule has 2 aliphatic rings. The van der Waals surface area contributed by atoms with Gasteiger partial charge >= 0.3 is 0 Å². The minimum atomic E-state index is -3.07. The third-order valence-corrected chi connectivity index (χ3v) is 6.37. The van der Waals surface area contributed by atoms with Crippen LogP contribution in [0, 0.1) is 5.41 Å². The molecule has 0 amide bonds. The Labute approximate surface area is 105 Å². The van der Waals surface area contributed by atoms with Crippen LogP contribution < -0.4 is 5.32 Å². The van der Waals surface area contributed by atoms with Crippen molar-refractivity contribution in [3.8, 4) is 0 Å². The summed E-state index contributed by atoms with van der Waals surface area (Å²) in [5.74, 6) is 0. The molecule has 0 aromatic heterocycles. The molecule has 2 aliphatic heterocycles. The Bertz CT molecular complexity index is 353. The molecule has 2 fully saturated rings. The van der Waals surface area contributed by atoms with Crippen LogP contribution in [0.2, 0.25) is 0 Å². The van der Waals surface area contributed by atoms with E-state index in [-0.39, 0.29) is 10.7 Å². The molecule has 0 saturated carbocycles. The molecular weight excluding hydrogens is 236 g/mol. The second-order valence-electron chi connectivity index (χ2n) is 5.81. The molecule has 0 aromatic rings. The molecule has 1 atom stereocenters. The summed E-state index contributed by atoms with van der Waals surface area (Å²) >= 11 is 0. The SMILES string of the molecule is CC(C)S(=O)(=O)N1CCC[C@]2(CCCNC2)C1. The highest BCUT2D eigenvalue weighted by atomic mass is 32.2. The highest BCUT2D eigenvalue weighted by Gasteiger charge is 2.40. The van der Waals surface area contributed by atoms with Gasteiger partial charge in [-0.1, -0.05) is 0 Å². The Hall–Kier alpha value is -0.130. The van der Waals surface area contributed by atoms with Crippen molar-refractivity contribution in [3.05, 3.63) is 0 Å². The lowest BCUT2D eigenvalue weighted by atomic mass is 9.75. The lowest BCUT2D eigenvalue weighted by Crippen LogP contribution is -2.53. The molecule has 0 unspecified atom stereocenters. The molecule has 0 aliphatic carbocycles. The van der Waals surface area contributed by atoms with E-state index in [0.29, 0.717) is 6.54 Å². The Morgan fingerprint density at radius 1 is 1.24 bits per heavy atom. The molecule has 4 nitrogen and oxygen atoms in total. The Morgan fingerprint density at radius 3 is 2.53 bits per heavy atom. The van der Waals surface area contributed by atoms with Crippen LogP contribution in [0.4, 0.5) is 0 Å². The van der Waals surface area contributed by atoms with Crippen LogP contribution in [0.25, 0.3) is 0 Å². The van der Waals surface area contributed by atoms with E-state index in [0.717, 1.165) is 26.1 Å². The zero-order chi connectivity index (χ0) is 12.5.